The lowest BCUT2D eigenvalue weighted by atomic mass is 9.95. The van der Waals surface area contributed by atoms with Crippen LogP contribution in [0.15, 0.2) is 85.0 Å². The normalized spacial score (nSPS) is 16.9. The summed E-state index contributed by atoms with van der Waals surface area (Å²) in [6, 6.07) is 18.6. The minimum atomic E-state index is -0.879. The summed E-state index contributed by atoms with van der Waals surface area (Å²) in [6.07, 6.45) is 2.51. The molecular formula is C29H23ClN2O4S. The van der Waals surface area contributed by atoms with E-state index in [0.29, 0.717) is 33.6 Å². The van der Waals surface area contributed by atoms with Crippen LogP contribution in [0.1, 0.15) is 29.7 Å². The first-order chi connectivity index (χ1) is 17.9. The molecule has 37 heavy (non-hydrogen) atoms. The number of ether oxygens (including phenoxy) is 1. The van der Waals surface area contributed by atoms with Crippen molar-refractivity contribution in [3.05, 3.63) is 107 Å². The van der Waals surface area contributed by atoms with Crippen molar-refractivity contribution in [2.24, 2.45) is 0 Å². The molecule has 0 bridgehead atoms. The van der Waals surface area contributed by atoms with E-state index in [2.05, 4.69) is 18.5 Å². The summed E-state index contributed by atoms with van der Waals surface area (Å²) in [6.45, 7) is 6.07. The van der Waals surface area contributed by atoms with Gasteiger partial charge in [-0.1, -0.05) is 60.7 Å². The number of hydrogen-bond acceptors (Lipinski definition) is 6. The van der Waals surface area contributed by atoms with E-state index in [4.69, 9.17) is 16.3 Å². The molecule has 3 aromatic carbocycles. The zero-order valence-corrected chi connectivity index (χ0v) is 21.6. The summed E-state index contributed by atoms with van der Waals surface area (Å²) in [5.74, 6) is -1.19. The third-order valence-corrected chi connectivity index (χ3v) is 7.45. The van der Waals surface area contributed by atoms with E-state index in [9.17, 15) is 14.7 Å². The maximum atomic E-state index is 13.4. The van der Waals surface area contributed by atoms with Crippen molar-refractivity contribution in [1.29, 1.82) is 0 Å². The molecule has 0 saturated carbocycles. The van der Waals surface area contributed by atoms with E-state index >= 15 is 0 Å². The zero-order valence-electron chi connectivity index (χ0n) is 20.0. The Kier molecular flexibility index (Phi) is 6.82. The number of aliphatic hydroxyl groups is 1. The van der Waals surface area contributed by atoms with Crippen LogP contribution in [0.5, 0.6) is 5.75 Å². The number of Topliss-reactive ketones (excluding diaryl/α,β-unsaturated/α-hetero) is 1. The molecule has 4 aromatic rings. The van der Waals surface area contributed by atoms with Crippen molar-refractivity contribution in [2.75, 3.05) is 11.5 Å². The molecule has 1 atom stereocenters. The number of amides is 1. The number of anilines is 1. The number of benzene rings is 3. The highest BCUT2D eigenvalue weighted by Crippen LogP contribution is 2.44. The van der Waals surface area contributed by atoms with E-state index < -0.39 is 17.7 Å². The van der Waals surface area contributed by atoms with Gasteiger partial charge < -0.3 is 9.84 Å². The number of fused-ring (bicyclic) bond motifs is 1. The second kappa shape index (κ2) is 10.2. The number of rotatable bonds is 7. The van der Waals surface area contributed by atoms with Crippen molar-refractivity contribution >= 4 is 55.7 Å². The fourth-order valence-electron chi connectivity index (χ4n) is 4.29. The highest BCUT2D eigenvalue weighted by molar-refractivity contribution is 7.22. The number of halogens is 1. The molecule has 5 rings (SSSR count). The van der Waals surface area contributed by atoms with E-state index in [-0.39, 0.29) is 11.3 Å². The summed E-state index contributed by atoms with van der Waals surface area (Å²) in [4.78, 5) is 32.9. The lowest BCUT2D eigenvalue weighted by Crippen LogP contribution is -2.29. The second-order valence-corrected chi connectivity index (χ2v) is 9.94. The maximum Gasteiger partial charge on any atom is 0.301 e. The summed E-state index contributed by atoms with van der Waals surface area (Å²) in [5.41, 5.74) is 2.90. The third kappa shape index (κ3) is 4.63. The van der Waals surface area contributed by atoms with Gasteiger partial charge in [0.05, 0.1) is 21.8 Å². The number of carbonyl (C=O) groups is 2. The van der Waals surface area contributed by atoms with Crippen molar-refractivity contribution < 1.29 is 19.4 Å². The fraction of sp³-hybridized carbons (Fsp3) is 0.138. The summed E-state index contributed by atoms with van der Waals surface area (Å²) < 4.78 is 6.51. The molecule has 1 aliphatic heterocycles. The first-order valence-electron chi connectivity index (χ1n) is 11.7. The number of ketones is 1. The Labute approximate surface area is 223 Å². The van der Waals surface area contributed by atoms with Gasteiger partial charge in [-0.15, -0.1) is 0 Å². The van der Waals surface area contributed by atoms with Crippen LogP contribution in [0, 0.1) is 0 Å². The van der Waals surface area contributed by atoms with Crippen molar-refractivity contribution in [1.82, 2.24) is 4.98 Å². The Morgan fingerprint density at radius 1 is 1.14 bits per heavy atom. The van der Waals surface area contributed by atoms with Crippen molar-refractivity contribution in [3.63, 3.8) is 0 Å². The SMILES string of the molecule is C=CCOc1ccc([C@H]2C(=C(O)c3ccc(Cl)cc3)C(=O)C(=O)N2c2nc3ccc(CC)cc3s2)cc1. The predicted molar refractivity (Wildman–Crippen MR) is 147 cm³/mol. The Morgan fingerprint density at radius 2 is 1.86 bits per heavy atom. The molecule has 1 amide bonds. The average Bonchev–Trinajstić information content (AvgIpc) is 3.45. The highest BCUT2D eigenvalue weighted by atomic mass is 35.5. The summed E-state index contributed by atoms with van der Waals surface area (Å²) >= 11 is 7.35. The Hall–Kier alpha value is -3.94. The van der Waals surface area contributed by atoms with Gasteiger partial charge in [0.25, 0.3) is 5.78 Å². The topological polar surface area (TPSA) is 79.7 Å². The second-order valence-electron chi connectivity index (χ2n) is 8.50. The van der Waals surface area contributed by atoms with Crippen LogP contribution in [0.2, 0.25) is 5.02 Å². The van der Waals surface area contributed by atoms with Gasteiger partial charge in [0.15, 0.2) is 5.13 Å². The maximum absolute atomic E-state index is 13.4. The monoisotopic (exact) mass is 530 g/mol. The third-order valence-electron chi connectivity index (χ3n) is 6.18. The van der Waals surface area contributed by atoms with Crippen LogP contribution in [0.4, 0.5) is 5.13 Å². The van der Waals surface area contributed by atoms with Gasteiger partial charge in [-0.25, -0.2) is 4.98 Å². The Morgan fingerprint density at radius 3 is 2.54 bits per heavy atom. The standard InChI is InChI=1S/C29H23ClN2O4S/c1-3-15-36-21-12-8-18(9-13-21)25-24(26(33)19-6-10-20(30)11-7-19)27(34)28(35)32(25)29-31-22-14-5-17(4-2)16-23(22)37-29/h3,5-14,16,25,33H,1,4,15H2,2H3/t25-/m0/s1. The number of carbonyl (C=O) groups excluding carboxylic acids is 2. The van der Waals surface area contributed by atoms with Gasteiger partial charge in [-0.2, -0.15) is 0 Å². The van der Waals surface area contributed by atoms with Gasteiger partial charge in [0.2, 0.25) is 0 Å². The molecule has 186 valence electrons. The van der Waals surface area contributed by atoms with E-state index in [1.807, 2.05) is 18.2 Å². The van der Waals surface area contributed by atoms with Crippen LogP contribution in [-0.2, 0) is 16.0 Å². The molecule has 1 fully saturated rings. The minimum absolute atomic E-state index is 0.0133. The van der Waals surface area contributed by atoms with E-state index in [1.54, 1.807) is 54.6 Å². The van der Waals surface area contributed by atoms with Gasteiger partial charge >= 0.3 is 5.91 Å². The van der Waals surface area contributed by atoms with Crippen LogP contribution >= 0.6 is 22.9 Å². The van der Waals surface area contributed by atoms with Gasteiger partial charge in [0.1, 0.15) is 18.1 Å². The first kappa shape index (κ1) is 24.7. The number of hydrogen-bond donors (Lipinski definition) is 1. The van der Waals surface area contributed by atoms with Crippen molar-refractivity contribution in [2.45, 2.75) is 19.4 Å². The van der Waals surface area contributed by atoms with Crippen molar-refractivity contribution in [3.8, 4) is 5.75 Å². The van der Waals surface area contributed by atoms with Crippen LogP contribution in [-0.4, -0.2) is 28.4 Å². The first-order valence-corrected chi connectivity index (χ1v) is 12.9. The molecule has 1 N–H and O–H groups in total. The number of nitrogens with zero attached hydrogens (tertiary/aromatic N) is 2. The number of aliphatic hydroxyl groups excluding tert-OH is 1. The lowest BCUT2D eigenvalue weighted by molar-refractivity contribution is -0.132. The largest absolute Gasteiger partial charge is 0.507 e. The highest BCUT2D eigenvalue weighted by Gasteiger charge is 2.48. The van der Waals surface area contributed by atoms with Crippen LogP contribution < -0.4 is 9.64 Å². The van der Waals surface area contributed by atoms with Gasteiger partial charge in [-0.3, -0.25) is 14.5 Å². The smallest absolute Gasteiger partial charge is 0.301 e. The van der Waals surface area contributed by atoms with Gasteiger partial charge in [0, 0.05) is 10.6 Å². The molecule has 1 aliphatic rings. The molecule has 2 heterocycles. The molecule has 1 saturated heterocycles. The summed E-state index contributed by atoms with van der Waals surface area (Å²) in [7, 11) is 0. The molecule has 0 radical (unpaired) electrons. The molecular weight excluding hydrogens is 508 g/mol. The molecule has 8 heteroatoms. The lowest BCUT2D eigenvalue weighted by Gasteiger charge is -2.23. The van der Waals surface area contributed by atoms with Gasteiger partial charge in [-0.05, 0) is 66.1 Å². The number of aromatic nitrogens is 1. The molecule has 0 aliphatic carbocycles. The number of aryl methyl sites for hydroxylation is 1. The minimum Gasteiger partial charge on any atom is -0.507 e. The van der Waals surface area contributed by atoms with Crippen LogP contribution in [0.25, 0.3) is 16.0 Å². The Bertz CT molecular complexity index is 1540. The fourth-order valence-corrected chi connectivity index (χ4v) is 5.47. The molecule has 0 spiro atoms. The Balaban J connectivity index is 1.67. The summed E-state index contributed by atoms with van der Waals surface area (Å²) in [5, 5.41) is 12.1. The molecule has 1 aromatic heterocycles. The quantitative estimate of drug-likeness (QED) is 0.124. The average molecular weight is 531 g/mol. The molecule has 6 nitrogen and oxygen atoms in total. The van der Waals surface area contributed by atoms with Crippen LogP contribution in [0.3, 0.4) is 0 Å². The predicted octanol–water partition coefficient (Wildman–Crippen LogP) is 6.70. The zero-order chi connectivity index (χ0) is 26.1. The van der Waals surface area contributed by atoms with E-state index in [1.165, 1.54) is 16.2 Å². The van der Waals surface area contributed by atoms with E-state index in [0.717, 1.165) is 22.2 Å². The molecule has 0 unspecified atom stereocenters. The number of thiazole rings is 1.